The van der Waals surface area contributed by atoms with E-state index in [2.05, 4.69) is 43.3 Å². The normalized spacial score (nSPS) is 43.2. The van der Waals surface area contributed by atoms with Crippen LogP contribution in [0, 0.1) is 34.5 Å². The number of hydrogen-bond donors (Lipinski definition) is 0. The number of carbonyl (C=O) groups excluding carboxylic acids is 3. The first kappa shape index (κ1) is 35.0. The van der Waals surface area contributed by atoms with Crippen LogP contribution in [0.15, 0.2) is 12.7 Å². The van der Waals surface area contributed by atoms with Crippen LogP contribution < -0.4 is 17.0 Å². The first-order chi connectivity index (χ1) is 20.9. The van der Waals surface area contributed by atoms with Gasteiger partial charge in [0.25, 0.3) is 0 Å². The van der Waals surface area contributed by atoms with Gasteiger partial charge in [-0.1, -0.05) is 20.4 Å². The third-order valence-corrected chi connectivity index (χ3v) is 13.9. The van der Waals surface area contributed by atoms with Crippen LogP contribution in [0.4, 0.5) is 0 Å². The van der Waals surface area contributed by atoms with Gasteiger partial charge in [-0.3, -0.25) is 24.2 Å². The van der Waals surface area contributed by atoms with Gasteiger partial charge >= 0.3 is 11.9 Å². The molecule has 0 radical (unpaired) electrons. The topological polar surface area (TPSA) is 76.2 Å². The van der Waals surface area contributed by atoms with E-state index in [9.17, 15) is 14.4 Å². The fraction of sp³-hybridized carbons (Fsp3) is 0.861. The molecule has 9 heteroatoms. The summed E-state index contributed by atoms with van der Waals surface area (Å²) in [5.74, 6) is 2.36. The first-order valence-electron chi connectivity index (χ1n) is 17.7. The van der Waals surface area contributed by atoms with Crippen molar-refractivity contribution in [1.82, 2.24) is 9.80 Å². The Morgan fingerprint density at radius 1 is 0.911 bits per heavy atom. The highest BCUT2D eigenvalue weighted by molar-refractivity contribution is 5.79. The van der Waals surface area contributed by atoms with E-state index in [1.807, 2.05) is 0 Å². The Morgan fingerprint density at radius 3 is 2.18 bits per heavy atom. The fourth-order valence-electron chi connectivity index (χ4n) is 11.6. The van der Waals surface area contributed by atoms with Crippen molar-refractivity contribution in [2.45, 2.75) is 110 Å². The molecular formula is C36H58BrN3O5. The van der Waals surface area contributed by atoms with Crippen molar-refractivity contribution < 1.29 is 45.3 Å². The summed E-state index contributed by atoms with van der Waals surface area (Å²) in [7, 11) is 2.34. The first-order valence-corrected chi connectivity index (χ1v) is 17.7. The highest BCUT2D eigenvalue weighted by atomic mass is 79.9. The summed E-state index contributed by atoms with van der Waals surface area (Å²) in [6.45, 7) is 19.0. The van der Waals surface area contributed by atoms with E-state index in [-0.39, 0.29) is 64.0 Å². The number of halogens is 1. The van der Waals surface area contributed by atoms with Crippen LogP contribution in [0.2, 0.25) is 0 Å². The lowest BCUT2D eigenvalue weighted by Gasteiger charge is -2.62. The molecule has 4 aliphatic carbocycles. The molecule has 254 valence electrons. The molecule has 0 aromatic rings. The highest BCUT2D eigenvalue weighted by Gasteiger charge is 2.65. The summed E-state index contributed by atoms with van der Waals surface area (Å²) < 4.78 is 13.4. The Kier molecular flexibility index (Phi) is 10.4. The Morgan fingerprint density at radius 2 is 1.56 bits per heavy atom. The van der Waals surface area contributed by atoms with Crippen molar-refractivity contribution in [3.63, 3.8) is 0 Å². The van der Waals surface area contributed by atoms with Crippen molar-refractivity contribution in [2.75, 3.05) is 52.9 Å². The molecule has 2 heterocycles. The molecule has 6 rings (SSSR count). The lowest BCUT2D eigenvalue weighted by atomic mass is 9.44. The van der Waals surface area contributed by atoms with Crippen LogP contribution >= 0.6 is 0 Å². The van der Waals surface area contributed by atoms with Crippen molar-refractivity contribution in [1.29, 1.82) is 0 Å². The Hall–Kier alpha value is -1.29. The number of likely N-dealkylation sites (N-methyl/N-ethyl adjacent to an activating group) is 1. The number of likely N-dealkylation sites (tertiary alicyclic amines) is 1. The van der Waals surface area contributed by atoms with Crippen molar-refractivity contribution >= 4 is 17.7 Å². The number of nitrogens with zero attached hydrogens (tertiary/aromatic N) is 3. The zero-order chi connectivity index (χ0) is 31.4. The number of quaternary nitrogens is 1. The number of hydrogen-bond acceptors (Lipinski definition) is 7. The zero-order valence-corrected chi connectivity index (χ0v) is 30.1. The average Bonchev–Trinajstić information content (AvgIpc) is 3.25. The van der Waals surface area contributed by atoms with Crippen LogP contribution in [-0.2, 0) is 23.9 Å². The SMILES string of the molecule is C=CC[N+]1(C)CCN([C@H]2CC3C4CC[C@H]5C[C@H](OC(C)=O)[C@@H](N6CCC(=O)CC6)C[C@]5(C)C4CC[C@]3(C)[C@H]2OC(C)=O)CC1.[Br-]. The number of ether oxygens (including phenoxy) is 2. The summed E-state index contributed by atoms with van der Waals surface area (Å²) >= 11 is 0. The summed E-state index contributed by atoms with van der Waals surface area (Å²) in [4.78, 5) is 42.0. The largest absolute Gasteiger partial charge is 1.00 e. The molecule has 8 nitrogen and oxygen atoms in total. The third kappa shape index (κ3) is 6.46. The van der Waals surface area contributed by atoms with Gasteiger partial charge in [-0.05, 0) is 80.1 Å². The van der Waals surface area contributed by atoms with Gasteiger partial charge in [-0.25, -0.2) is 0 Å². The molecule has 6 fully saturated rings. The average molecular weight is 693 g/mol. The number of esters is 2. The van der Waals surface area contributed by atoms with E-state index in [4.69, 9.17) is 9.47 Å². The zero-order valence-electron chi connectivity index (χ0n) is 28.5. The molecule has 10 atom stereocenters. The Labute approximate surface area is 282 Å². The van der Waals surface area contributed by atoms with Gasteiger partial charge < -0.3 is 30.9 Å². The molecule has 3 unspecified atom stereocenters. The van der Waals surface area contributed by atoms with Gasteiger partial charge in [-0.15, -0.1) is 0 Å². The maximum atomic E-state index is 12.6. The van der Waals surface area contributed by atoms with Crippen LogP contribution in [0.25, 0.3) is 0 Å². The lowest BCUT2D eigenvalue weighted by Crippen LogP contribution is -3.00. The lowest BCUT2D eigenvalue weighted by molar-refractivity contribution is -0.908. The molecular weight excluding hydrogens is 634 g/mol. The van der Waals surface area contributed by atoms with E-state index >= 15 is 0 Å². The molecule has 0 aromatic carbocycles. The van der Waals surface area contributed by atoms with Crippen molar-refractivity contribution in [3.8, 4) is 0 Å². The molecule has 0 spiro atoms. The van der Waals surface area contributed by atoms with E-state index < -0.39 is 0 Å². The molecule has 2 aliphatic heterocycles. The quantitative estimate of drug-likeness (QED) is 0.237. The number of piperidine rings is 1. The van der Waals surface area contributed by atoms with Crippen LogP contribution in [0.5, 0.6) is 0 Å². The smallest absolute Gasteiger partial charge is 0.302 e. The third-order valence-electron chi connectivity index (χ3n) is 13.9. The Bertz CT molecular complexity index is 1130. The molecule has 0 aromatic heterocycles. The van der Waals surface area contributed by atoms with Crippen LogP contribution in [0.1, 0.15) is 85.5 Å². The maximum Gasteiger partial charge on any atom is 0.302 e. The van der Waals surface area contributed by atoms with Gasteiger partial charge in [-0.2, -0.15) is 0 Å². The molecule has 0 N–H and O–H groups in total. The number of Topliss-reactive ketones (excluding diaryl/α,β-unsaturated/α-hetero) is 1. The minimum atomic E-state index is -0.186. The minimum absolute atomic E-state index is 0. The summed E-state index contributed by atoms with van der Waals surface area (Å²) in [5.41, 5.74) is 0.177. The predicted octanol–water partition coefficient (Wildman–Crippen LogP) is 1.47. The van der Waals surface area contributed by atoms with Gasteiger partial charge in [0.15, 0.2) is 0 Å². The number of ketones is 1. The second-order valence-corrected chi connectivity index (χ2v) is 16.3. The van der Waals surface area contributed by atoms with E-state index in [1.54, 1.807) is 13.8 Å². The molecule has 0 amide bonds. The molecule has 6 aliphatic rings. The number of fused-ring (bicyclic) bond motifs is 5. The number of carbonyl (C=O) groups is 3. The van der Waals surface area contributed by atoms with E-state index in [0.29, 0.717) is 42.3 Å². The van der Waals surface area contributed by atoms with Crippen LogP contribution in [0.3, 0.4) is 0 Å². The van der Waals surface area contributed by atoms with Crippen molar-refractivity contribution in [3.05, 3.63) is 12.7 Å². The molecule has 0 bridgehead atoms. The fourth-order valence-corrected chi connectivity index (χ4v) is 11.6. The van der Waals surface area contributed by atoms with Gasteiger partial charge in [0.1, 0.15) is 18.0 Å². The van der Waals surface area contributed by atoms with Gasteiger partial charge in [0, 0.05) is 70.4 Å². The second-order valence-electron chi connectivity index (χ2n) is 16.3. The van der Waals surface area contributed by atoms with E-state index in [1.165, 1.54) is 19.3 Å². The van der Waals surface area contributed by atoms with Crippen LogP contribution in [-0.4, -0.2) is 109 Å². The molecule has 2 saturated heterocycles. The monoisotopic (exact) mass is 691 g/mol. The minimum Gasteiger partial charge on any atom is -1.00 e. The number of rotatable bonds is 6. The van der Waals surface area contributed by atoms with E-state index in [0.717, 1.165) is 76.0 Å². The summed E-state index contributed by atoms with van der Waals surface area (Å²) in [6, 6.07) is 0.468. The predicted molar refractivity (Wildman–Crippen MR) is 170 cm³/mol. The Balaban J connectivity index is 0.00000400. The highest BCUT2D eigenvalue weighted by Crippen LogP contribution is 2.67. The summed E-state index contributed by atoms with van der Waals surface area (Å²) in [6.07, 6.45) is 10.9. The molecule has 4 saturated carbocycles. The summed E-state index contributed by atoms with van der Waals surface area (Å²) in [5, 5.41) is 0. The standard InChI is InChI=1S/C36H58N3O5.BrH/c1-7-18-39(6)19-16-38(17-20-39)31-22-30-28-9-8-26-21-33(43-24(2)40)32(37-14-11-27(42)12-15-37)23-36(26,5)29(28)10-13-35(30,4)34(31)44-25(3)41;/h7,26,28-34H,1,8-23H2,2-6H3;1H/q+1;/p-1/t26-,28?,29?,30?,31-,32-,33-,34-,35-,36-;/m0./s1. The maximum absolute atomic E-state index is 12.6. The van der Waals surface area contributed by atoms with Gasteiger partial charge in [0.05, 0.1) is 26.7 Å². The molecule has 45 heavy (non-hydrogen) atoms. The number of piperazine rings is 1. The second kappa shape index (κ2) is 13.3. The van der Waals surface area contributed by atoms with Gasteiger partial charge in [0.2, 0.25) is 0 Å². The van der Waals surface area contributed by atoms with Crippen molar-refractivity contribution in [2.24, 2.45) is 34.5 Å².